The Morgan fingerprint density at radius 2 is 2.06 bits per heavy atom. The normalized spacial score (nSPS) is 40.4. The quantitative estimate of drug-likeness (QED) is 0.455. The van der Waals surface area contributed by atoms with Gasteiger partial charge < -0.3 is 9.64 Å². The van der Waals surface area contributed by atoms with Gasteiger partial charge in [0, 0.05) is 31.5 Å². The number of terminal acetylenes is 1. The number of allylic oxidation sites excluding steroid dienone is 2. The molecule has 5 aliphatic rings. The lowest BCUT2D eigenvalue weighted by atomic mass is 9.49. The molecule has 170 valence electrons. The first-order valence-corrected chi connectivity index (χ1v) is 12.5. The highest BCUT2D eigenvalue weighted by Gasteiger charge is 2.65. The van der Waals surface area contributed by atoms with Gasteiger partial charge in [0.15, 0.2) is 11.4 Å². The van der Waals surface area contributed by atoms with Crippen LogP contribution in [0.15, 0.2) is 35.7 Å². The van der Waals surface area contributed by atoms with Gasteiger partial charge in [-0.25, -0.2) is 4.79 Å². The van der Waals surface area contributed by atoms with Gasteiger partial charge in [0.2, 0.25) is 0 Å². The standard InChI is InChI=1S/C28H35NO3/c1-4-27-14-12-23-22-11-9-21(30)17-19(22)8-10-24(23)25(27)13-15-28(27,5-2)32-26(31)20-7-6-16-29(3)18-20/h2,6,16-18,22-25H,4,7-15H2,1,3H3/t22-,23+,24+,25-,27-,28-/m0/s1. The first-order chi connectivity index (χ1) is 15.4. The van der Waals surface area contributed by atoms with Gasteiger partial charge in [-0.1, -0.05) is 24.5 Å². The van der Waals surface area contributed by atoms with Crippen LogP contribution in [0.5, 0.6) is 0 Å². The molecule has 3 fully saturated rings. The van der Waals surface area contributed by atoms with Crippen LogP contribution in [0.3, 0.4) is 0 Å². The van der Waals surface area contributed by atoms with Crippen molar-refractivity contribution in [3.8, 4) is 12.3 Å². The maximum Gasteiger partial charge on any atom is 0.337 e. The van der Waals surface area contributed by atoms with E-state index >= 15 is 0 Å². The van der Waals surface area contributed by atoms with E-state index in [1.54, 1.807) is 0 Å². The number of nitrogens with zero attached hydrogens (tertiary/aromatic N) is 1. The smallest absolute Gasteiger partial charge is 0.337 e. The van der Waals surface area contributed by atoms with E-state index < -0.39 is 5.60 Å². The van der Waals surface area contributed by atoms with Crippen molar-refractivity contribution in [1.82, 2.24) is 4.90 Å². The predicted octanol–water partition coefficient (Wildman–Crippen LogP) is 5.17. The number of hydrogen-bond donors (Lipinski definition) is 0. The minimum absolute atomic E-state index is 0.138. The van der Waals surface area contributed by atoms with Crippen LogP contribution in [-0.2, 0) is 14.3 Å². The monoisotopic (exact) mass is 433 g/mol. The number of rotatable bonds is 3. The van der Waals surface area contributed by atoms with Crippen LogP contribution in [0.2, 0.25) is 0 Å². The average molecular weight is 434 g/mol. The molecule has 0 bridgehead atoms. The second-order valence-electron chi connectivity index (χ2n) is 10.7. The van der Waals surface area contributed by atoms with E-state index in [-0.39, 0.29) is 11.4 Å². The molecule has 0 N–H and O–H groups in total. The van der Waals surface area contributed by atoms with Crippen LogP contribution in [-0.4, -0.2) is 29.3 Å². The second-order valence-corrected chi connectivity index (χ2v) is 10.7. The fourth-order valence-electron chi connectivity index (χ4n) is 8.17. The van der Waals surface area contributed by atoms with E-state index in [1.165, 1.54) is 5.57 Å². The van der Waals surface area contributed by atoms with Crippen molar-refractivity contribution in [2.24, 2.45) is 29.1 Å². The molecule has 0 aromatic carbocycles. The minimum atomic E-state index is -0.812. The molecule has 5 rings (SSSR count). The molecule has 1 heterocycles. The molecule has 0 radical (unpaired) electrons. The number of carbonyl (C=O) groups excluding carboxylic acids is 2. The molecule has 0 aromatic rings. The maximum absolute atomic E-state index is 13.2. The summed E-state index contributed by atoms with van der Waals surface area (Å²) in [6.45, 7) is 2.24. The predicted molar refractivity (Wildman–Crippen MR) is 124 cm³/mol. The van der Waals surface area contributed by atoms with Crippen molar-refractivity contribution >= 4 is 11.8 Å². The summed E-state index contributed by atoms with van der Waals surface area (Å²) < 4.78 is 6.34. The molecular formula is C28H35NO3. The average Bonchev–Trinajstić information content (AvgIpc) is 3.13. The Kier molecular flexibility index (Phi) is 5.35. The Bertz CT molecular complexity index is 952. The number of fused-ring (bicyclic) bond motifs is 5. The summed E-state index contributed by atoms with van der Waals surface area (Å²) in [7, 11) is 1.92. The molecule has 4 heteroatoms. The SMILES string of the molecule is C#C[C@]1(OC(=O)C2=CN(C)C=CC2)CC[C@H]2[C@@H]3CCC4=CC(=O)CC[C@@H]4[C@H]3CC[C@@]21CC. The van der Waals surface area contributed by atoms with Crippen LogP contribution < -0.4 is 0 Å². The van der Waals surface area contributed by atoms with Crippen LogP contribution in [0, 0.1) is 41.4 Å². The van der Waals surface area contributed by atoms with Crippen molar-refractivity contribution in [2.45, 2.75) is 76.7 Å². The highest BCUT2D eigenvalue weighted by molar-refractivity contribution is 5.91. The maximum atomic E-state index is 13.2. The fraction of sp³-hybridized carbons (Fsp3) is 0.643. The van der Waals surface area contributed by atoms with E-state index in [0.717, 1.165) is 51.4 Å². The Morgan fingerprint density at radius 1 is 1.22 bits per heavy atom. The number of carbonyl (C=O) groups is 2. The highest BCUT2D eigenvalue weighted by Crippen LogP contribution is 2.67. The third-order valence-corrected chi connectivity index (χ3v) is 9.55. The van der Waals surface area contributed by atoms with E-state index in [1.807, 2.05) is 36.5 Å². The van der Waals surface area contributed by atoms with Gasteiger partial charge in [-0.15, -0.1) is 6.42 Å². The molecular weight excluding hydrogens is 398 g/mol. The summed E-state index contributed by atoms with van der Waals surface area (Å²) in [5.41, 5.74) is 1.13. The first kappa shape index (κ1) is 21.6. The van der Waals surface area contributed by atoms with Crippen molar-refractivity contribution in [3.05, 3.63) is 35.7 Å². The lowest BCUT2D eigenvalue weighted by Crippen LogP contribution is -2.55. The second kappa shape index (κ2) is 7.94. The molecule has 0 spiro atoms. The molecule has 4 aliphatic carbocycles. The Labute approximate surface area is 192 Å². The van der Waals surface area contributed by atoms with Crippen molar-refractivity contribution < 1.29 is 14.3 Å². The zero-order valence-corrected chi connectivity index (χ0v) is 19.4. The van der Waals surface area contributed by atoms with E-state index in [4.69, 9.17) is 11.2 Å². The zero-order chi connectivity index (χ0) is 22.5. The molecule has 0 amide bonds. The lowest BCUT2D eigenvalue weighted by molar-refractivity contribution is -0.169. The first-order valence-electron chi connectivity index (χ1n) is 12.5. The van der Waals surface area contributed by atoms with Crippen LogP contribution in [0.25, 0.3) is 0 Å². The van der Waals surface area contributed by atoms with Gasteiger partial charge in [0.1, 0.15) is 0 Å². The lowest BCUT2D eigenvalue weighted by Gasteiger charge is -2.56. The molecule has 1 aliphatic heterocycles. The van der Waals surface area contributed by atoms with E-state index in [0.29, 0.717) is 47.9 Å². The minimum Gasteiger partial charge on any atom is -0.442 e. The number of hydrogen-bond acceptors (Lipinski definition) is 4. The fourth-order valence-corrected chi connectivity index (χ4v) is 8.17. The molecule has 0 aromatic heterocycles. The summed E-state index contributed by atoms with van der Waals surface area (Å²) in [6.07, 6.45) is 23.4. The molecule has 0 saturated heterocycles. The van der Waals surface area contributed by atoms with Crippen molar-refractivity contribution in [1.29, 1.82) is 0 Å². The highest BCUT2D eigenvalue weighted by atomic mass is 16.6. The van der Waals surface area contributed by atoms with Crippen LogP contribution >= 0.6 is 0 Å². The summed E-state index contributed by atoms with van der Waals surface area (Å²) in [4.78, 5) is 27.1. The Hall–Kier alpha value is -2.28. The van der Waals surface area contributed by atoms with Gasteiger partial charge in [-0.2, -0.15) is 0 Å². The van der Waals surface area contributed by atoms with E-state index in [2.05, 4.69) is 12.8 Å². The van der Waals surface area contributed by atoms with Crippen molar-refractivity contribution in [2.75, 3.05) is 7.05 Å². The largest absolute Gasteiger partial charge is 0.442 e. The summed E-state index contributed by atoms with van der Waals surface area (Å²) in [5.74, 6) is 5.44. The summed E-state index contributed by atoms with van der Waals surface area (Å²) in [5, 5.41) is 0. The topological polar surface area (TPSA) is 46.6 Å². The van der Waals surface area contributed by atoms with Gasteiger partial charge in [-0.05, 0) is 87.3 Å². The number of ether oxygens (including phenoxy) is 1. The van der Waals surface area contributed by atoms with Gasteiger partial charge >= 0.3 is 5.97 Å². The van der Waals surface area contributed by atoms with Crippen molar-refractivity contribution in [3.63, 3.8) is 0 Å². The van der Waals surface area contributed by atoms with Gasteiger partial charge in [0.25, 0.3) is 0 Å². The van der Waals surface area contributed by atoms with Gasteiger partial charge in [0.05, 0.1) is 5.57 Å². The summed E-state index contributed by atoms with van der Waals surface area (Å²) >= 11 is 0. The molecule has 6 atom stereocenters. The van der Waals surface area contributed by atoms with Crippen LogP contribution in [0.4, 0.5) is 0 Å². The Balaban J connectivity index is 1.42. The number of ketones is 1. The van der Waals surface area contributed by atoms with Crippen LogP contribution in [0.1, 0.15) is 71.1 Å². The molecule has 0 unspecified atom stereocenters. The summed E-state index contributed by atoms with van der Waals surface area (Å²) in [6, 6.07) is 0. The van der Waals surface area contributed by atoms with Gasteiger partial charge in [-0.3, -0.25) is 4.79 Å². The molecule has 32 heavy (non-hydrogen) atoms. The van der Waals surface area contributed by atoms with E-state index in [9.17, 15) is 9.59 Å². The molecule has 3 saturated carbocycles. The molecule has 4 nitrogen and oxygen atoms in total. The third kappa shape index (κ3) is 3.11. The zero-order valence-electron chi connectivity index (χ0n) is 19.4. The Morgan fingerprint density at radius 3 is 2.81 bits per heavy atom. The number of esters is 1. The third-order valence-electron chi connectivity index (χ3n) is 9.55.